The predicted molar refractivity (Wildman–Crippen MR) is 277 cm³/mol. The third-order valence-corrected chi connectivity index (χ3v) is 14.6. The smallest absolute Gasteiger partial charge is 0.462 e. The Labute approximate surface area is 420 Å². The average Bonchev–Trinajstić information content (AvgIpc) is 3.33. The van der Waals surface area contributed by atoms with Crippen LogP contribution in [-0.4, -0.2) is 98.3 Å². The van der Waals surface area contributed by atoms with E-state index in [1.807, 2.05) is 0 Å². The van der Waals surface area contributed by atoms with Crippen LogP contribution in [0.4, 0.5) is 0 Å². The van der Waals surface area contributed by atoms with Gasteiger partial charge in [-0.25, -0.2) is 4.57 Å². The molecule has 1 aliphatic carbocycles. The number of rotatable bonds is 49. The van der Waals surface area contributed by atoms with Crippen LogP contribution in [0.2, 0.25) is 0 Å². The van der Waals surface area contributed by atoms with Crippen LogP contribution in [-0.2, 0) is 32.7 Å². The monoisotopic (exact) mass is 1000 g/mol. The highest BCUT2D eigenvalue weighted by Gasteiger charge is 2.51. The van der Waals surface area contributed by atoms with Crippen LogP contribution in [0, 0.1) is 0 Å². The predicted octanol–water partition coefficient (Wildman–Crippen LogP) is 13.0. The van der Waals surface area contributed by atoms with E-state index >= 15 is 0 Å². The molecule has 0 spiro atoms. The molecule has 6 N–H and O–H groups in total. The van der Waals surface area contributed by atoms with Crippen LogP contribution < -0.4 is 0 Å². The maximum Gasteiger partial charge on any atom is 0.472 e. The number of hydrogen-bond donors (Lipinski definition) is 6. The van der Waals surface area contributed by atoms with E-state index in [4.69, 9.17) is 18.5 Å². The Morgan fingerprint density at radius 1 is 0.435 bits per heavy atom. The number of aliphatic hydroxyl groups excluding tert-OH is 5. The highest BCUT2D eigenvalue weighted by Crippen LogP contribution is 2.47. The number of carbonyl (C=O) groups excluding carboxylic acids is 2. The molecule has 1 aliphatic rings. The number of ether oxygens (including phenoxy) is 2. The molecular formula is C55H105O13P. The van der Waals surface area contributed by atoms with E-state index < -0.39 is 75.7 Å². The summed E-state index contributed by atoms with van der Waals surface area (Å²) in [7, 11) is -5.12. The summed E-state index contributed by atoms with van der Waals surface area (Å²) in [5, 5.41) is 50.4. The zero-order valence-electron chi connectivity index (χ0n) is 43.9. The lowest BCUT2D eigenvalue weighted by Crippen LogP contribution is -2.64. The minimum absolute atomic E-state index is 0.103. The number of aliphatic hydroxyl groups is 5. The van der Waals surface area contributed by atoms with Gasteiger partial charge in [-0.05, 0) is 38.5 Å². The number of hydrogen-bond acceptors (Lipinski definition) is 12. The van der Waals surface area contributed by atoms with Gasteiger partial charge in [-0.1, -0.05) is 231 Å². The number of unbranched alkanes of at least 4 members (excludes halogenated alkanes) is 35. The minimum Gasteiger partial charge on any atom is -0.462 e. The van der Waals surface area contributed by atoms with Crippen molar-refractivity contribution in [2.24, 2.45) is 0 Å². The number of allylic oxidation sites excluding steroid dienone is 2. The Balaban J connectivity index is 2.32. The Morgan fingerprint density at radius 3 is 1.10 bits per heavy atom. The summed E-state index contributed by atoms with van der Waals surface area (Å²) >= 11 is 0. The molecule has 13 nitrogen and oxygen atoms in total. The molecule has 0 aliphatic heterocycles. The molecule has 1 rings (SSSR count). The highest BCUT2D eigenvalue weighted by atomic mass is 31.2. The fourth-order valence-electron chi connectivity index (χ4n) is 9.05. The van der Waals surface area contributed by atoms with Crippen LogP contribution in [0.5, 0.6) is 0 Å². The molecule has 1 fully saturated rings. The van der Waals surface area contributed by atoms with Crippen LogP contribution in [0.1, 0.15) is 271 Å². The average molecular weight is 1010 g/mol. The zero-order valence-corrected chi connectivity index (χ0v) is 44.8. The molecule has 408 valence electrons. The summed E-state index contributed by atoms with van der Waals surface area (Å²) in [4.78, 5) is 35.9. The fourth-order valence-corrected chi connectivity index (χ4v) is 10.0. The molecule has 0 aromatic rings. The van der Waals surface area contributed by atoms with Crippen LogP contribution in [0.25, 0.3) is 0 Å². The first-order valence-corrected chi connectivity index (χ1v) is 30.0. The van der Waals surface area contributed by atoms with Crippen LogP contribution >= 0.6 is 7.82 Å². The molecule has 14 heteroatoms. The third-order valence-electron chi connectivity index (χ3n) is 13.6. The van der Waals surface area contributed by atoms with Gasteiger partial charge in [0.05, 0.1) is 6.61 Å². The van der Waals surface area contributed by atoms with Crippen molar-refractivity contribution in [2.75, 3.05) is 13.2 Å². The first-order chi connectivity index (χ1) is 33.4. The zero-order chi connectivity index (χ0) is 50.6. The van der Waals surface area contributed by atoms with Gasteiger partial charge < -0.3 is 39.9 Å². The van der Waals surface area contributed by atoms with Crippen molar-refractivity contribution in [2.45, 2.75) is 313 Å². The molecule has 6 unspecified atom stereocenters. The van der Waals surface area contributed by atoms with Crippen molar-refractivity contribution in [3.8, 4) is 0 Å². The molecule has 0 heterocycles. The van der Waals surface area contributed by atoms with Crippen molar-refractivity contribution in [3.63, 3.8) is 0 Å². The lowest BCUT2D eigenvalue weighted by atomic mass is 9.85. The standard InChI is InChI=1S/C55H105O13P/c1-3-5-7-9-11-13-15-17-19-21-22-23-24-25-26-28-30-32-34-36-38-40-42-44-49(57)67-47(46-66-69(63,64)68-55-53(61)51(59)50(58)52(60)54(55)62)45-65-48(56)43-41-39-37-35-33-31-29-27-20-18-16-14-12-10-8-6-4-2/h18,20,47,50-55,58-62H,3-17,19,21-46H2,1-2H3,(H,63,64)/b20-18+/t47-,50?,51-,52?,53?,54?,55?/m1/s1. The topological polar surface area (TPSA) is 210 Å². The summed E-state index contributed by atoms with van der Waals surface area (Å²) in [5.41, 5.74) is 0. The van der Waals surface area contributed by atoms with Crippen molar-refractivity contribution in [3.05, 3.63) is 12.2 Å². The van der Waals surface area contributed by atoms with Gasteiger partial charge in [0.25, 0.3) is 0 Å². The maximum absolute atomic E-state index is 12.9. The summed E-state index contributed by atoms with van der Waals surface area (Å²) < 4.78 is 33.7. The first kappa shape index (κ1) is 65.6. The summed E-state index contributed by atoms with van der Waals surface area (Å²) in [5.74, 6) is -1.09. The molecule has 0 amide bonds. The first-order valence-electron chi connectivity index (χ1n) is 28.5. The van der Waals surface area contributed by atoms with Gasteiger partial charge in [-0.3, -0.25) is 18.6 Å². The van der Waals surface area contributed by atoms with Gasteiger partial charge >= 0.3 is 19.8 Å². The van der Waals surface area contributed by atoms with Gasteiger partial charge in [0.1, 0.15) is 43.2 Å². The Morgan fingerprint density at radius 2 is 0.739 bits per heavy atom. The fraction of sp³-hybridized carbons (Fsp3) is 0.927. The Bertz CT molecular complexity index is 1250. The normalized spacial score (nSPS) is 20.9. The summed E-state index contributed by atoms with van der Waals surface area (Å²) in [6.45, 7) is 3.35. The van der Waals surface area contributed by atoms with Gasteiger partial charge in [-0.15, -0.1) is 0 Å². The van der Waals surface area contributed by atoms with E-state index in [-0.39, 0.29) is 12.8 Å². The molecule has 0 saturated heterocycles. The Hall–Kier alpha value is -1.41. The largest absolute Gasteiger partial charge is 0.472 e. The second kappa shape index (κ2) is 45.2. The molecule has 1 saturated carbocycles. The van der Waals surface area contributed by atoms with E-state index in [1.54, 1.807) is 0 Å². The van der Waals surface area contributed by atoms with Gasteiger partial charge in [0.2, 0.25) is 0 Å². The molecule has 8 atom stereocenters. The molecule has 69 heavy (non-hydrogen) atoms. The van der Waals surface area contributed by atoms with E-state index in [2.05, 4.69) is 26.0 Å². The SMILES string of the molecule is CCCCCCCC/C=C/CCCCCCCCCC(=O)OC[C@H](COP(=O)(O)OC1C(O)C(O)C(O)[C@@H](O)C1O)OC(=O)CCCCCCCCCCCCCCCCCCCCCCCCC. The van der Waals surface area contributed by atoms with E-state index in [0.29, 0.717) is 12.8 Å². The van der Waals surface area contributed by atoms with Crippen LogP contribution in [0.15, 0.2) is 12.2 Å². The number of esters is 2. The lowest BCUT2D eigenvalue weighted by molar-refractivity contribution is -0.220. The number of phosphoric ester groups is 1. The van der Waals surface area contributed by atoms with Crippen LogP contribution in [0.3, 0.4) is 0 Å². The Kier molecular flexibility index (Phi) is 43.0. The van der Waals surface area contributed by atoms with Crippen molar-refractivity contribution >= 4 is 19.8 Å². The van der Waals surface area contributed by atoms with Crippen molar-refractivity contribution in [1.82, 2.24) is 0 Å². The third kappa shape index (κ3) is 37.1. The second-order valence-electron chi connectivity index (χ2n) is 20.2. The highest BCUT2D eigenvalue weighted by molar-refractivity contribution is 7.47. The van der Waals surface area contributed by atoms with E-state index in [9.17, 15) is 44.6 Å². The summed E-state index contributed by atoms with van der Waals surface area (Å²) in [6, 6.07) is 0. The maximum atomic E-state index is 12.9. The molecular weight excluding hydrogens is 900 g/mol. The lowest BCUT2D eigenvalue weighted by Gasteiger charge is -2.41. The van der Waals surface area contributed by atoms with Crippen molar-refractivity contribution < 1.29 is 63.1 Å². The molecule has 0 radical (unpaired) electrons. The molecule has 0 aromatic heterocycles. The van der Waals surface area contributed by atoms with Crippen molar-refractivity contribution in [1.29, 1.82) is 0 Å². The van der Waals surface area contributed by atoms with E-state index in [0.717, 1.165) is 51.4 Å². The quantitative estimate of drug-likeness (QED) is 0.0145. The minimum atomic E-state index is -5.12. The van der Waals surface area contributed by atoms with E-state index in [1.165, 1.54) is 180 Å². The van der Waals surface area contributed by atoms with Gasteiger partial charge in [0.15, 0.2) is 6.10 Å². The molecule has 0 aromatic carbocycles. The number of phosphoric acid groups is 1. The van der Waals surface area contributed by atoms with Gasteiger partial charge in [-0.2, -0.15) is 0 Å². The molecule has 0 bridgehead atoms. The number of carbonyl (C=O) groups is 2. The second-order valence-corrected chi connectivity index (χ2v) is 21.6. The van der Waals surface area contributed by atoms with Gasteiger partial charge in [0, 0.05) is 12.8 Å². The summed E-state index contributed by atoms with van der Waals surface area (Å²) in [6.07, 6.45) is 38.3.